The molecule has 0 aliphatic heterocycles. The van der Waals surface area contributed by atoms with E-state index in [0.29, 0.717) is 0 Å². The molecule has 2 nitrogen and oxygen atoms in total. The van der Waals surface area contributed by atoms with Gasteiger partial charge in [-0.1, -0.05) is 6.92 Å². The van der Waals surface area contributed by atoms with E-state index in [9.17, 15) is 0 Å². The van der Waals surface area contributed by atoms with Crippen molar-refractivity contribution in [3.05, 3.63) is 29.6 Å². The molecule has 0 saturated carbocycles. The molecule has 0 aromatic carbocycles. The van der Waals surface area contributed by atoms with Crippen LogP contribution in [0.4, 0.5) is 0 Å². The van der Waals surface area contributed by atoms with Crippen LogP contribution < -0.4 is 0 Å². The van der Waals surface area contributed by atoms with Crippen LogP contribution in [0.25, 0.3) is 0 Å². The first-order valence-electron chi connectivity index (χ1n) is 3.77. The molecule has 0 saturated heterocycles. The van der Waals surface area contributed by atoms with Crippen LogP contribution in [0, 0.1) is 6.92 Å². The smallest absolute Gasteiger partial charge is 0.0497 e. The fraction of sp³-hybridized carbons (Fsp3) is 0.444. The maximum atomic E-state index is 8.86. The Bertz CT molecular complexity index is 235. The summed E-state index contributed by atoms with van der Waals surface area (Å²) in [7, 11) is 0. The standard InChI is InChI=1S/C9H13NO/c1-7(6-11)9-3-4-10-8(2)5-9/h3-5,7,11H,6H2,1-2H3/t7-/m1/s1. The summed E-state index contributed by atoms with van der Waals surface area (Å²) >= 11 is 0. The van der Waals surface area contributed by atoms with Gasteiger partial charge in [0, 0.05) is 24.4 Å². The van der Waals surface area contributed by atoms with E-state index in [1.807, 2.05) is 26.0 Å². The zero-order valence-electron chi connectivity index (χ0n) is 6.91. The Hall–Kier alpha value is -0.890. The Kier molecular flexibility index (Phi) is 2.60. The highest BCUT2D eigenvalue weighted by Crippen LogP contribution is 2.13. The van der Waals surface area contributed by atoms with Crippen LogP contribution >= 0.6 is 0 Å². The molecule has 60 valence electrons. The summed E-state index contributed by atoms with van der Waals surface area (Å²) in [5.74, 6) is 0.219. The minimum absolute atomic E-state index is 0.198. The van der Waals surface area contributed by atoms with Crippen molar-refractivity contribution in [3.8, 4) is 0 Å². The van der Waals surface area contributed by atoms with E-state index in [1.54, 1.807) is 6.20 Å². The predicted octanol–water partition coefficient (Wildman–Crippen LogP) is 1.49. The van der Waals surface area contributed by atoms with Crippen LogP contribution in [0.3, 0.4) is 0 Å². The lowest BCUT2D eigenvalue weighted by molar-refractivity contribution is 0.273. The van der Waals surface area contributed by atoms with Crippen molar-refractivity contribution in [3.63, 3.8) is 0 Å². The normalized spacial score (nSPS) is 13.0. The van der Waals surface area contributed by atoms with Gasteiger partial charge >= 0.3 is 0 Å². The number of aliphatic hydroxyl groups is 1. The van der Waals surface area contributed by atoms with E-state index in [2.05, 4.69) is 4.98 Å². The van der Waals surface area contributed by atoms with Crippen LogP contribution in [0.1, 0.15) is 24.1 Å². The van der Waals surface area contributed by atoms with E-state index < -0.39 is 0 Å². The molecule has 0 fully saturated rings. The van der Waals surface area contributed by atoms with Crippen molar-refractivity contribution in [1.29, 1.82) is 0 Å². The zero-order valence-corrected chi connectivity index (χ0v) is 6.91. The molecule has 0 radical (unpaired) electrons. The highest BCUT2D eigenvalue weighted by Gasteiger charge is 2.02. The summed E-state index contributed by atoms with van der Waals surface area (Å²) < 4.78 is 0. The van der Waals surface area contributed by atoms with Gasteiger partial charge in [-0.05, 0) is 24.6 Å². The van der Waals surface area contributed by atoms with Crippen LogP contribution in [-0.4, -0.2) is 16.7 Å². The number of nitrogens with zero attached hydrogens (tertiary/aromatic N) is 1. The average molecular weight is 151 g/mol. The Labute approximate surface area is 66.9 Å². The maximum Gasteiger partial charge on any atom is 0.0497 e. The number of hydrogen-bond acceptors (Lipinski definition) is 2. The Morgan fingerprint density at radius 1 is 1.64 bits per heavy atom. The van der Waals surface area contributed by atoms with Gasteiger partial charge in [-0.25, -0.2) is 0 Å². The van der Waals surface area contributed by atoms with Crippen LogP contribution in [0.15, 0.2) is 18.3 Å². The van der Waals surface area contributed by atoms with Gasteiger partial charge in [0.2, 0.25) is 0 Å². The molecule has 1 atom stereocenters. The highest BCUT2D eigenvalue weighted by molar-refractivity contribution is 5.19. The van der Waals surface area contributed by atoms with E-state index in [1.165, 1.54) is 0 Å². The Balaban J connectivity index is 2.86. The molecule has 1 aromatic rings. The lowest BCUT2D eigenvalue weighted by Gasteiger charge is -2.07. The second-order valence-corrected chi connectivity index (χ2v) is 2.81. The quantitative estimate of drug-likeness (QED) is 0.694. The monoisotopic (exact) mass is 151 g/mol. The third-order valence-corrected chi connectivity index (χ3v) is 1.76. The molecule has 0 amide bonds. The van der Waals surface area contributed by atoms with Crippen LogP contribution in [0.5, 0.6) is 0 Å². The van der Waals surface area contributed by atoms with E-state index in [0.717, 1.165) is 11.3 Å². The molecular weight excluding hydrogens is 138 g/mol. The van der Waals surface area contributed by atoms with Crippen molar-refractivity contribution in [2.24, 2.45) is 0 Å². The number of aliphatic hydroxyl groups excluding tert-OH is 1. The molecule has 1 aromatic heterocycles. The average Bonchev–Trinajstić information content (AvgIpc) is 2.03. The first-order valence-corrected chi connectivity index (χ1v) is 3.77. The van der Waals surface area contributed by atoms with Crippen LogP contribution in [0.2, 0.25) is 0 Å². The second kappa shape index (κ2) is 3.49. The SMILES string of the molecule is Cc1cc([C@H](C)CO)ccn1. The van der Waals surface area contributed by atoms with E-state index in [4.69, 9.17) is 5.11 Å². The minimum atomic E-state index is 0.198. The van der Waals surface area contributed by atoms with Gasteiger partial charge < -0.3 is 5.11 Å². The molecule has 0 aliphatic carbocycles. The number of rotatable bonds is 2. The van der Waals surface area contributed by atoms with Gasteiger partial charge in [0.15, 0.2) is 0 Å². The van der Waals surface area contributed by atoms with Gasteiger partial charge in [0.05, 0.1) is 0 Å². The Morgan fingerprint density at radius 3 is 2.91 bits per heavy atom. The topological polar surface area (TPSA) is 33.1 Å². The Morgan fingerprint density at radius 2 is 2.36 bits per heavy atom. The van der Waals surface area contributed by atoms with Gasteiger partial charge in [-0.2, -0.15) is 0 Å². The molecule has 0 spiro atoms. The summed E-state index contributed by atoms with van der Waals surface area (Å²) in [5.41, 5.74) is 2.16. The number of aromatic nitrogens is 1. The molecule has 0 unspecified atom stereocenters. The summed E-state index contributed by atoms with van der Waals surface area (Å²) in [6.07, 6.45) is 1.77. The molecule has 0 aliphatic rings. The van der Waals surface area contributed by atoms with Gasteiger partial charge in [-0.15, -0.1) is 0 Å². The molecule has 1 heterocycles. The third kappa shape index (κ3) is 2.02. The summed E-state index contributed by atoms with van der Waals surface area (Å²) in [6, 6.07) is 3.94. The second-order valence-electron chi connectivity index (χ2n) is 2.81. The maximum absolute atomic E-state index is 8.86. The fourth-order valence-corrected chi connectivity index (χ4v) is 0.979. The molecule has 11 heavy (non-hydrogen) atoms. The first kappa shape index (κ1) is 8.21. The molecule has 1 rings (SSSR count). The van der Waals surface area contributed by atoms with Crippen molar-refractivity contribution in [2.45, 2.75) is 19.8 Å². The van der Waals surface area contributed by atoms with Crippen molar-refractivity contribution >= 4 is 0 Å². The first-order chi connectivity index (χ1) is 5.24. The molecule has 2 heteroatoms. The summed E-state index contributed by atoms with van der Waals surface area (Å²) in [6.45, 7) is 4.14. The van der Waals surface area contributed by atoms with Crippen molar-refractivity contribution in [2.75, 3.05) is 6.61 Å². The fourth-order valence-electron chi connectivity index (χ4n) is 0.979. The predicted molar refractivity (Wildman–Crippen MR) is 44.5 cm³/mol. The van der Waals surface area contributed by atoms with Gasteiger partial charge in [0.25, 0.3) is 0 Å². The lowest BCUT2D eigenvalue weighted by Crippen LogP contribution is -1.99. The van der Waals surface area contributed by atoms with Gasteiger partial charge in [0.1, 0.15) is 0 Å². The lowest BCUT2D eigenvalue weighted by atomic mass is 10.0. The highest BCUT2D eigenvalue weighted by atomic mass is 16.3. The van der Waals surface area contributed by atoms with E-state index >= 15 is 0 Å². The van der Waals surface area contributed by atoms with Crippen molar-refractivity contribution in [1.82, 2.24) is 4.98 Å². The van der Waals surface area contributed by atoms with Crippen molar-refractivity contribution < 1.29 is 5.11 Å². The summed E-state index contributed by atoms with van der Waals surface area (Å²) in [5, 5.41) is 8.86. The third-order valence-electron chi connectivity index (χ3n) is 1.76. The zero-order chi connectivity index (χ0) is 8.27. The number of hydrogen-bond donors (Lipinski definition) is 1. The minimum Gasteiger partial charge on any atom is -0.396 e. The summed E-state index contributed by atoms with van der Waals surface area (Å²) in [4.78, 5) is 4.07. The molecule has 1 N–H and O–H groups in total. The van der Waals surface area contributed by atoms with E-state index in [-0.39, 0.29) is 12.5 Å². The molecular formula is C9H13NO. The van der Waals surface area contributed by atoms with Gasteiger partial charge in [-0.3, -0.25) is 4.98 Å². The number of aryl methyl sites for hydroxylation is 1. The number of pyridine rings is 1. The molecule has 0 bridgehead atoms. The van der Waals surface area contributed by atoms with Crippen LogP contribution in [-0.2, 0) is 0 Å². The largest absolute Gasteiger partial charge is 0.396 e.